The molecule has 2 aromatic rings. The van der Waals surface area contributed by atoms with Gasteiger partial charge < -0.3 is 5.32 Å². The molecule has 1 N–H and O–H groups in total. The van der Waals surface area contributed by atoms with Crippen molar-refractivity contribution in [2.45, 2.75) is 6.54 Å². The fraction of sp³-hybridized carbons (Fsp3) is 0.0769. The van der Waals surface area contributed by atoms with Crippen molar-refractivity contribution in [2.24, 2.45) is 0 Å². The minimum absolute atomic E-state index is 0.0524. The van der Waals surface area contributed by atoms with Crippen LogP contribution in [0.1, 0.15) is 5.56 Å². The van der Waals surface area contributed by atoms with Crippen molar-refractivity contribution in [3.63, 3.8) is 0 Å². The fourth-order valence-corrected chi connectivity index (χ4v) is 2.19. The van der Waals surface area contributed by atoms with E-state index in [2.05, 4.69) is 21.2 Å². The lowest BCUT2D eigenvalue weighted by molar-refractivity contribution is -0.385. The van der Waals surface area contributed by atoms with Gasteiger partial charge in [0, 0.05) is 29.9 Å². The van der Waals surface area contributed by atoms with E-state index in [4.69, 9.17) is 0 Å². The molecule has 21 heavy (non-hydrogen) atoms. The summed E-state index contributed by atoms with van der Waals surface area (Å²) in [6.45, 7) is -0.0900. The van der Waals surface area contributed by atoms with Crippen LogP contribution in [0.25, 0.3) is 0 Å². The van der Waals surface area contributed by atoms with Crippen LogP contribution in [0.3, 0.4) is 0 Å². The minimum Gasteiger partial charge on any atom is -0.381 e. The number of hydrogen-bond acceptors (Lipinski definition) is 3. The molecule has 0 spiro atoms. The Morgan fingerprint density at radius 2 is 1.76 bits per heavy atom. The van der Waals surface area contributed by atoms with Crippen LogP contribution in [0.4, 0.5) is 24.5 Å². The van der Waals surface area contributed by atoms with Gasteiger partial charge >= 0.3 is 0 Å². The number of hydrogen-bond donors (Lipinski definition) is 1. The molecule has 110 valence electrons. The molecule has 0 saturated heterocycles. The second kappa shape index (κ2) is 6.13. The first kappa shape index (κ1) is 15.3. The first-order valence-electron chi connectivity index (χ1n) is 5.69. The van der Waals surface area contributed by atoms with Crippen molar-refractivity contribution in [1.82, 2.24) is 0 Å². The van der Waals surface area contributed by atoms with Gasteiger partial charge in [0.25, 0.3) is 5.69 Å². The smallest absolute Gasteiger partial charge is 0.283 e. The zero-order valence-electron chi connectivity index (χ0n) is 10.4. The molecule has 0 unspecified atom stereocenters. The van der Waals surface area contributed by atoms with Crippen LogP contribution >= 0.6 is 15.9 Å². The Morgan fingerprint density at radius 3 is 2.38 bits per heavy atom. The van der Waals surface area contributed by atoms with E-state index in [1.807, 2.05) is 0 Å². The highest BCUT2D eigenvalue weighted by Crippen LogP contribution is 2.28. The summed E-state index contributed by atoms with van der Waals surface area (Å²) in [5.41, 5.74) is 0.305. The summed E-state index contributed by atoms with van der Waals surface area (Å²) in [4.78, 5) is 10.1. The average molecular weight is 361 g/mol. The number of halogens is 4. The number of nitrogens with one attached hydrogen (secondary N) is 1. The second-order valence-corrected chi connectivity index (χ2v) is 4.99. The van der Waals surface area contributed by atoms with Gasteiger partial charge in [0.1, 0.15) is 5.82 Å². The Labute approximate surface area is 125 Å². The Kier molecular flexibility index (Phi) is 4.46. The molecule has 8 heteroatoms. The lowest BCUT2D eigenvalue weighted by Gasteiger charge is -2.08. The predicted octanol–water partition coefficient (Wildman–Crippen LogP) is 4.39. The summed E-state index contributed by atoms with van der Waals surface area (Å²) in [7, 11) is 0. The normalized spacial score (nSPS) is 10.5. The van der Waals surface area contributed by atoms with Gasteiger partial charge in [0.15, 0.2) is 11.6 Å². The van der Waals surface area contributed by atoms with Crippen molar-refractivity contribution >= 4 is 27.3 Å². The fourth-order valence-electron chi connectivity index (χ4n) is 1.66. The van der Waals surface area contributed by atoms with E-state index in [9.17, 15) is 23.3 Å². The molecular formula is C13H8BrF3N2O2. The van der Waals surface area contributed by atoms with Crippen LogP contribution in [0.15, 0.2) is 34.8 Å². The topological polar surface area (TPSA) is 55.2 Å². The summed E-state index contributed by atoms with van der Waals surface area (Å²) in [6, 6.07) is 5.38. The zero-order valence-corrected chi connectivity index (χ0v) is 12.0. The Bertz CT molecular complexity index is 710. The van der Waals surface area contributed by atoms with Crippen LogP contribution in [0.5, 0.6) is 0 Å². The van der Waals surface area contributed by atoms with Crippen LogP contribution in [-0.4, -0.2) is 4.92 Å². The van der Waals surface area contributed by atoms with E-state index in [-0.39, 0.29) is 22.3 Å². The summed E-state index contributed by atoms with van der Waals surface area (Å²) in [5.74, 6) is -3.27. The van der Waals surface area contributed by atoms with Crippen molar-refractivity contribution in [3.05, 3.63) is 67.9 Å². The average Bonchev–Trinajstić information content (AvgIpc) is 2.41. The third-order valence-corrected chi connectivity index (χ3v) is 3.35. The Morgan fingerprint density at radius 1 is 1.10 bits per heavy atom. The summed E-state index contributed by atoms with van der Waals surface area (Å²) in [6.07, 6.45) is 0. The highest BCUT2D eigenvalue weighted by Gasteiger charge is 2.13. The molecule has 0 radical (unpaired) electrons. The molecule has 0 bridgehead atoms. The highest BCUT2D eigenvalue weighted by molar-refractivity contribution is 9.10. The number of nitro groups is 1. The molecule has 0 aliphatic heterocycles. The molecular weight excluding hydrogens is 353 g/mol. The van der Waals surface area contributed by atoms with Gasteiger partial charge in [-0.1, -0.05) is 0 Å². The maximum atomic E-state index is 13.4. The molecule has 0 amide bonds. The van der Waals surface area contributed by atoms with E-state index in [0.717, 1.165) is 6.07 Å². The van der Waals surface area contributed by atoms with E-state index < -0.39 is 22.4 Å². The lowest BCUT2D eigenvalue weighted by Crippen LogP contribution is -2.04. The monoisotopic (exact) mass is 360 g/mol. The number of rotatable bonds is 4. The first-order valence-corrected chi connectivity index (χ1v) is 6.49. The van der Waals surface area contributed by atoms with Crippen molar-refractivity contribution in [1.29, 1.82) is 0 Å². The lowest BCUT2D eigenvalue weighted by atomic mass is 10.2. The standard InChI is InChI=1S/C13H8BrF3N2O2/c14-9-4-8(1-2-13(9)19(20)21)18-6-7-3-11(16)12(17)5-10(7)15/h1-5,18H,6H2. The van der Waals surface area contributed by atoms with Gasteiger partial charge in [0.05, 0.1) is 9.40 Å². The van der Waals surface area contributed by atoms with E-state index >= 15 is 0 Å². The Hall–Kier alpha value is -2.09. The molecule has 0 saturated carbocycles. The zero-order chi connectivity index (χ0) is 15.6. The molecule has 4 nitrogen and oxygen atoms in total. The summed E-state index contributed by atoms with van der Waals surface area (Å²) >= 11 is 3.04. The van der Waals surface area contributed by atoms with Gasteiger partial charge in [-0.3, -0.25) is 10.1 Å². The van der Waals surface area contributed by atoms with Gasteiger partial charge in [-0.05, 0) is 34.1 Å². The number of nitrogens with zero attached hydrogens (tertiary/aromatic N) is 1. The van der Waals surface area contributed by atoms with Crippen molar-refractivity contribution < 1.29 is 18.1 Å². The molecule has 2 rings (SSSR count). The third-order valence-electron chi connectivity index (χ3n) is 2.72. The molecule has 0 aromatic heterocycles. The maximum Gasteiger partial charge on any atom is 0.283 e. The van der Waals surface area contributed by atoms with Crippen LogP contribution in [-0.2, 0) is 6.54 Å². The van der Waals surface area contributed by atoms with E-state index in [1.54, 1.807) is 0 Å². The SMILES string of the molecule is O=[N+]([O-])c1ccc(NCc2cc(F)c(F)cc2F)cc1Br. The van der Waals surface area contributed by atoms with Gasteiger partial charge in [-0.25, -0.2) is 13.2 Å². The first-order chi connectivity index (χ1) is 9.88. The summed E-state index contributed by atoms with van der Waals surface area (Å²) in [5, 5.41) is 13.4. The van der Waals surface area contributed by atoms with Crippen molar-refractivity contribution in [2.75, 3.05) is 5.32 Å². The highest BCUT2D eigenvalue weighted by atomic mass is 79.9. The van der Waals surface area contributed by atoms with E-state index in [0.29, 0.717) is 11.8 Å². The predicted molar refractivity (Wildman–Crippen MR) is 74.4 cm³/mol. The Balaban J connectivity index is 2.15. The number of benzene rings is 2. The maximum absolute atomic E-state index is 13.4. The van der Waals surface area contributed by atoms with Crippen LogP contribution in [0.2, 0.25) is 0 Å². The third kappa shape index (κ3) is 3.52. The van der Waals surface area contributed by atoms with Crippen molar-refractivity contribution in [3.8, 4) is 0 Å². The van der Waals surface area contributed by atoms with Gasteiger partial charge in [0.2, 0.25) is 0 Å². The molecule has 0 fully saturated rings. The number of nitro benzene ring substituents is 1. The molecule has 0 atom stereocenters. The summed E-state index contributed by atoms with van der Waals surface area (Å²) < 4.78 is 39.5. The van der Waals surface area contributed by atoms with Crippen LogP contribution < -0.4 is 5.32 Å². The molecule has 0 aliphatic carbocycles. The second-order valence-electron chi connectivity index (χ2n) is 4.13. The largest absolute Gasteiger partial charge is 0.381 e. The van der Waals surface area contributed by atoms with E-state index in [1.165, 1.54) is 18.2 Å². The van der Waals surface area contributed by atoms with Gasteiger partial charge in [-0.2, -0.15) is 0 Å². The molecule has 0 heterocycles. The molecule has 0 aliphatic rings. The quantitative estimate of drug-likeness (QED) is 0.499. The number of anilines is 1. The minimum atomic E-state index is -1.26. The van der Waals surface area contributed by atoms with Gasteiger partial charge in [-0.15, -0.1) is 0 Å². The van der Waals surface area contributed by atoms with Crippen LogP contribution in [0, 0.1) is 27.6 Å². The molecule has 2 aromatic carbocycles.